The largest absolute Gasteiger partial charge is 0.458 e. The van der Waals surface area contributed by atoms with Crippen LogP contribution in [0.3, 0.4) is 0 Å². The summed E-state index contributed by atoms with van der Waals surface area (Å²) in [5, 5.41) is 0. The minimum absolute atomic E-state index is 0.00571. The van der Waals surface area contributed by atoms with Crippen LogP contribution < -0.4 is 16.2 Å². The number of ether oxygens (including phenoxy) is 3. The van der Waals surface area contributed by atoms with Gasteiger partial charge in [0.1, 0.15) is 11.6 Å². The van der Waals surface area contributed by atoms with Gasteiger partial charge in [-0.05, 0) is 32.3 Å². The molecule has 2 aromatic rings. The van der Waals surface area contributed by atoms with Crippen molar-refractivity contribution in [2.24, 2.45) is 12.8 Å². The Morgan fingerprint density at radius 2 is 1.81 bits per heavy atom. The predicted molar refractivity (Wildman–Crippen MR) is 116 cm³/mol. The summed E-state index contributed by atoms with van der Waals surface area (Å²) in [6.45, 7) is 4.80. The van der Waals surface area contributed by atoms with Gasteiger partial charge in [-0.25, -0.2) is 4.79 Å². The number of nitrogens with two attached hydrogens (primary N) is 2. The van der Waals surface area contributed by atoms with Crippen LogP contribution in [0.4, 0.5) is 5.95 Å². The normalized spacial score (nSPS) is 13.2. The molecule has 1 aromatic heterocycles. The molecular formula is C22H30N4O6. The highest BCUT2D eigenvalue weighted by Gasteiger charge is 2.32. The topological polar surface area (TPSA) is 149 Å². The van der Waals surface area contributed by atoms with Gasteiger partial charge in [-0.15, -0.1) is 0 Å². The third-order valence-electron chi connectivity index (χ3n) is 4.55. The van der Waals surface area contributed by atoms with Crippen molar-refractivity contribution in [3.63, 3.8) is 0 Å². The molecule has 0 fully saturated rings. The Labute approximate surface area is 186 Å². The van der Waals surface area contributed by atoms with E-state index in [4.69, 9.17) is 25.7 Å². The number of aromatic nitrogens is 2. The van der Waals surface area contributed by atoms with Gasteiger partial charge >= 0.3 is 17.9 Å². The quantitative estimate of drug-likeness (QED) is 0.518. The first-order valence-electron chi connectivity index (χ1n) is 10.2. The smallest absolute Gasteiger partial charge is 0.354 e. The van der Waals surface area contributed by atoms with E-state index in [1.807, 2.05) is 30.3 Å². The van der Waals surface area contributed by atoms with Crippen LogP contribution >= 0.6 is 0 Å². The highest BCUT2D eigenvalue weighted by Crippen LogP contribution is 2.19. The molecule has 10 nitrogen and oxygen atoms in total. The molecule has 0 radical (unpaired) electrons. The van der Waals surface area contributed by atoms with E-state index in [0.717, 1.165) is 5.56 Å². The van der Waals surface area contributed by atoms with Gasteiger partial charge in [-0.2, -0.15) is 4.98 Å². The van der Waals surface area contributed by atoms with Crippen molar-refractivity contribution < 1.29 is 28.6 Å². The summed E-state index contributed by atoms with van der Waals surface area (Å²) in [6.07, 6.45) is 0.523. The third kappa shape index (κ3) is 7.38. The summed E-state index contributed by atoms with van der Waals surface area (Å²) >= 11 is 0. The van der Waals surface area contributed by atoms with E-state index in [1.165, 1.54) is 10.8 Å². The summed E-state index contributed by atoms with van der Waals surface area (Å²) in [4.78, 5) is 41.0. The first-order chi connectivity index (χ1) is 15.0. The molecule has 32 heavy (non-hydrogen) atoms. The highest BCUT2D eigenvalue weighted by atomic mass is 16.6. The van der Waals surface area contributed by atoms with Gasteiger partial charge in [0.25, 0.3) is 0 Å². The number of anilines is 1. The number of carbonyl (C=O) groups excluding carboxylic acids is 3. The summed E-state index contributed by atoms with van der Waals surface area (Å²) in [5.41, 5.74) is 11.3. The van der Waals surface area contributed by atoms with Gasteiger partial charge in [0.2, 0.25) is 11.8 Å². The van der Waals surface area contributed by atoms with Crippen molar-refractivity contribution in [2.75, 3.05) is 5.73 Å². The first-order valence-corrected chi connectivity index (χ1v) is 10.2. The monoisotopic (exact) mass is 446 g/mol. The number of benzene rings is 1. The second-order valence-corrected chi connectivity index (χ2v) is 8.01. The second-order valence-electron chi connectivity index (χ2n) is 8.01. The highest BCUT2D eigenvalue weighted by molar-refractivity contribution is 5.81. The lowest BCUT2D eigenvalue weighted by molar-refractivity contribution is -0.171. The number of hydrogen-bond acceptors (Lipinski definition) is 9. The standard InChI is InChI=1S/C22H30N4O6/c1-5-16(20(29)31-17-13-26(4)21(24)25-17)30-18(27)12-22(2,3)32-19(28)15(23)11-14-9-7-6-8-10-14/h6-10,13,15-16H,5,11-12,23H2,1-4H3,(H2,24,25)/t15-,16?/m0/s1. The molecule has 0 aliphatic heterocycles. The molecule has 0 aliphatic rings. The van der Waals surface area contributed by atoms with Crippen LogP contribution in [0.1, 0.15) is 39.2 Å². The Morgan fingerprint density at radius 3 is 2.38 bits per heavy atom. The molecule has 0 spiro atoms. The van der Waals surface area contributed by atoms with Gasteiger partial charge in [0.05, 0.1) is 12.6 Å². The number of aryl methyl sites for hydroxylation is 1. The number of imidazole rings is 1. The molecule has 0 amide bonds. The fourth-order valence-corrected chi connectivity index (χ4v) is 2.85. The van der Waals surface area contributed by atoms with Crippen molar-refractivity contribution in [2.45, 2.75) is 57.8 Å². The van der Waals surface area contributed by atoms with Gasteiger partial charge in [-0.3, -0.25) is 9.59 Å². The van der Waals surface area contributed by atoms with E-state index in [2.05, 4.69) is 4.98 Å². The SMILES string of the molecule is CCC(OC(=O)CC(C)(C)OC(=O)[C@@H](N)Cc1ccccc1)C(=O)Oc1cn(C)c(N)n1. The second kappa shape index (κ2) is 10.8. The zero-order valence-electron chi connectivity index (χ0n) is 18.7. The zero-order chi connectivity index (χ0) is 23.9. The first kappa shape index (κ1) is 24.9. The minimum Gasteiger partial charge on any atom is -0.458 e. The van der Waals surface area contributed by atoms with E-state index in [9.17, 15) is 14.4 Å². The number of hydrogen-bond donors (Lipinski definition) is 2. The fourth-order valence-electron chi connectivity index (χ4n) is 2.85. The van der Waals surface area contributed by atoms with Crippen molar-refractivity contribution in [1.29, 1.82) is 0 Å². The van der Waals surface area contributed by atoms with E-state index < -0.39 is 35.7 Å². The van der Waals surface area contributed by atoms with E-state index in [0.29, 0.717) is 6.42 Å². The minimum atomic E-state index is -1.18. The Kier molecular flexibility index (Phi) is 8.36. The van der Waals surface area contributed by atoms with Crippen molar-refractivity contribution in [1.82, 2.24) is 9.55 Å². The maximum absolute atomic E-state index is 12.4. The number of nitrogen functional groups attached to an aromatic ring is 1. The fraction of sp³-hybridized carbons (Fsp3) is 0.455. The van der Waals surface area contributed by atoms with E-state index >= 15 is 0 Å². The molecular weight excluding hydrogens is 416 g/mol. The van der Waals surface area contributed by atoms with Crippen LogP contribution in [0, 0.1) is 0 Å². The number of nitrogens with zero attached hydrogens (tertiary/aromatic N) is 2. The lowest BCUT2D eigenvalue weighted by atomic mass is 10.0. The van der Waals surface area contributed by atoms with Crippen LogP contribution in [0.5, 0.6) is 5.88 Å². The molecule has 1 heterocycles. The van der Waals surface area contributed by atoms with Crippen molar-refractivity contribution in [3.05, 3.63) is 42.1 Å². The molecule has 174 valence electrons. The average molecular weight is 447 g/mol. The molecule has 2 rings (SSSR count). The Bertz CT molecular complexity index is 922. The van der Waals surface area contributed by atoms with Crippen LogP contribution in [0.15, 0.2) is 36.5 Å². The average Bonchev–Trinajstić information content (AvgIpc) is 3.02. The zero-order valence-corrected chi connectivity index (χ0v) is 18.7. The third-order valence-corrected chi connectivity index (χ3v) is 4.55. The molecule has 0 saturated carbocycles. The molecule has 1 aromatic carbocycles. The molecule has 4 N–H and O–H groups in total. The number of rotatable bonds is 10. The maximum Gasteiger partial charge on any atom is 0.354 e. The Morgan fingerprint density at radius 1 is 1.16 bits per heavy atom. The maximum atomic E-state index is 12.4. The molecule has 0 saturated heterocycles. The van der Waals surface area contributed by atoms with Gasteiger partial charge in [0.15, 0.2) is 6.10 Å². The van der Waals surface area contributed by atoms with E-state index in [1.54, 1.807) is 27.8 Å². The van der Waals surface area contributed by atoms with Crippen LogP contribution in [-0.4, -0.2) is 45.2 Å². The lowest BCUT2D eigenvalue weighted by Crippen LogP contribution is -2.41. The summed E-state index contributed by atoms with van der Waals surface area (Å²) < 4.78 is 17.3. The Hall–Kier alpha value is -3.40. The summed E-state index contributed by atoms with van der Waals surface area (Å²) in [5.74, 6) is -1.95. The van der Waals surface area contributed by atoms with Gasteiger partial charge < -0.3 is 30.2 Å². The lowest BCUT2D eigenvalue weighted by Gasteiger charge is -2.26. The summed E-state index contributed by atoms with van der Waals surface area (Å²) in [7, 11) is 1.64. The predicted octanol–water partition coefficient (Wildman–Crippen LogP) is 1.51. The Balaban J connectivity index is 1.88. The van der Waals surface area contributed by atoms with Gasteiger partial charge in [0, 0.05) is 7.05 Å². The van der Waals surface area contributed by atoms with Crippen molar-refractivity contribution in [3.8, 4) is 5.88 Å². The van der Waals surface area contributed by atoms with Gasteiger partial charge in [-0.1, -0.05) is 37.3 Å². The molecule has 0 aliphatic carbocycles. The molecule has 2 atom stereocenters. The number of esters is 3. The number of carbonyl (C=O) groups is 3. The summed E-state index contributed by atoms with van der Waals surface area (Å²) in [6, 6.07) is 8.42. The van der Waals surface area contributed by atoms with E-state index in [-0.39, 0.29) is 24.7 Å². The molecule has 0 bridgehead atoms. The molecule has 10 heteroatoms. The van der Waals surface area contributed by atoms with Crippen LogP contribution in [-0.2, 0) is 37.3 Å². The molecule has 1 unspecified atom stereocenters. The van der Waals surface area contributed by atoms with Crippen LogP contribution in [0.25, 0.3) is 0 Å². The van der Waals surface area contributed by atoms with Crippen molar-refractivity contribution >= 4 is 23.9 Å². The van der Waals surface area contributed by atoms with Crippen LogP contribution in [0.2, 0.25) is 0 Å².